The Bertz CT molecular complexity index is 610. The number of aliphatic hydroxyl groups excluding tert-OH is 1. The first-order valence-corrected chi connectivity index (χ1v) is 7.49. The van der Waals surface area contributed by atoms with Crippen molar-refractivity contribution in [2.24, 2.45) is 7.05 Å². The third-order valence-electron chi connectivity index (χ3n) is 3.38. The van der Waals surface area contributed by atoms with Crippen molar-refractivity contribution in [1.29, 1.82) is 0 Å². The third-order valence-corrected chi connectivity index (χ3v) is 3.86. The fraction of sp³-hybridized carbons (Fsp3) is 0.438. The molecule has 2 aromatic rings. The highest BCUT2D eigenvalue weighted by molar-refractivity contribution is 6.30. The van der Waals surface area contributed by atoms with Gasteiger partial charge in [0.15, 0.2) is 0 Å². The lowest BCUT2D eigenvalue weighted by Gasteiger charge is -2.13. The van der Waals surface area contributed by atoms with Gasteiger partial charge in [0, 0.05) is 19.0 Å². The summed E-state index contributed by atoms with van der Waals surface area (Å²) in [6, 6.07) is 7.55. The Labute approximate surface area is 130 Å². The van der Waals surface area contributed by atoms with Gasteiger partial charge in [-0.25, -0.2) is 0 Å². The molecule has 0 aliphatic carbocycles. The molecular formula is C16H21ClN2O2. The molecule has 1 N–H and O–H groups in total. The van der Waals surface area contributed by atoms with Crippen molar-refractivity contribution in [3.63, 3.8) is 0 Å². The normalized spacial score (nSPS) is 12.4. The molecule has 0 fully saturated rings. The van der Waals surface area contributed by atoms with Crippen LogP contribution in [0.25, 0.3) is 0 Å². The van der Waals surface area contributed by atoms with E-state index in [1.54, 1.807) is 11.7 Å². The molecule has 0 radical (unpaired) electrons. The van der Waals surface area contributed by atoms with Crippen molar-refractivity contribution in [2.75, 3.05) is 6.61 Å². The minimum Gasteiger partial charge on any atom is -0.494 e. The molecule has 21 heavy (non-hydrogen) atoms. The second kappa shape index (κ2) is 6.96. The number of rotatable bonds is 6. The standard InChI is InChI=1S/C16H21ClN2O2/c1-4-8-21-13-7-5-6-12(9-13)15(20)10-14-11(2)18-19(3)16(14)17/h5-7,9,15,20H,4,8,10H2,1-3H3. The highest BCUT2D eigenvalue weighted by Crippen LogP contribution is 2.27. The second-order valence-electron chi connectivity index (χ2n) is 5.12. The number of aromatic nitrogens is 2. The van der Waals surface area contributed by atoms with Crippen molar-refractivity contribution >= 4 is 11.6 Å². The summed E-state index contributed by atoms with van der Waals surface area (Å²) in [6.07, 6.45) is 0.767. The lowest BCUT2D eigenvalue weighted by Crippen LogP contribution is -2.04. The smallest absolute Gasteiger partial charge is 0.130 e. The number of benzene rings is 1. The molecule has 1 unspecified atom stereocenters. The summed E-state index contributed by atoms with van der Waals surface area (Å²) in [4.78, 5) is 0. The molecule has 0 amide bonds. The van der Waals surface area contributed by atoms with Gasteiger partial charge in [0.05, 0.1) is 18.4 Å². The first-order valence-electron chi connectivity index (χ1n) is 7.11. The Morgan fingerprint density at radius 3 is 2.81 bits per heavy atom. The summed E-state index contributed by atoms with van der Waals surface area (Å²) >= 11 is 6.21. The number of halogens is 1. The molecule has 1 heterocycles. The summed E-state index contributed by atoms with van der Waals surface area (Å²) in [7, 11) is 1.80. The number of aryl methyl sites for hydroxylation is 2. The molecule has 0 aliphatic rings. The van der Waals surface area contributed by atoms with E-state index in [4.69, 9.17) is 16.3 Å². The molecule has 2 rings (SSSR count). The predicted octanol–water partition coefficient (Wildman–Crippen LogP) is 3.45. The molecule has 5 heteroatoms. The first kappa shape index (κ1) is 15.9. The topological polar surface area (TPSA) is 47.3 Å². The summed E-state index contributed by atoms with van der Waals surface area (Å²) in [5, 5.41) is 15.3. The van der Waals surface area contributed by atoms with E-state index in [-0.39, 0.29) is 0 Å². The van der Waals surface area contributed by atoms with Gasteiger partial charge in [-0.2, -0.15) is 5.10 Å². The predicted molar refractivity (Wildman–Crippen MR) is 83.8 cm³/mol. The van der Waals surface area contributed by atoms with Crippen LogP contribution in [0.2, 0.25) is 5.15 Å². The third kappa shape index (κ3) is 3.77. The summed E-state index contributed by atoms with van der Waals surface area (Å²) in [5.74, 6) is 0.780. The SMILES string of the molecule is CCCOc1cccc(C(O)Cc2c(C)nn(C)c2Cl)c1. The van der Waals surface area contributed by atoms with E-state index in [9.17, 15) is 5.11 Å². The van der Waals surface area contributed by atoms with Crippen LogP contribution in [0.15, 0.2) is 24.3 Å². The summed E-state index contributed by atoms with van der Waals surface area (Å²) in [6.45, 7) is 4.63. The second-order valence-corrected chi connectivity index (χ2v) is 5.48. The lowest BCUT2D eigenvalue weighted by atomic mass is 10.0. The molecule has 114 valence electrons. The summed E-state index contributed by atoms with van der Waals surface area (Å²) < 4.78 is 7.22. The number of hydrogen-bond donors (Lipinski definition) is 1. The molecule has 1 atom stereocenters. The monoisotopic (exact) mass is 308 g/mol. The molecule has 0 spiro atoms. The van der Waals surface area contributed by atoms with Gasteiger partial charge in [0.1, 0.15) is 10.9 Å². The maximum Gasteiger partial charge on any atom is 0.130 e. The zero-order valence-corrected chi connectivity index (χ0v) is 13.4. The van der Waals surface area contributed by atoms with Crippen LogP contribution < -0.4 is 4.74 Å². The quantitative estimate of drug-likeness (QED) is 0.889. The van der Waals surface area contributed by atoms with E-state index in [2.05, 4.69) is 12.0 Å². The fourth-order valence-corrected chi connectivity index (χ4v) is 2.50. The van der Waals surface area contributed by atoms with Gasteiger partial charge in [0.2, 0.25) is 0 Å². The highest BCUT2D eigenvalue weighted by atomic mass is 35.5. The van der Waals surface area contributed by atoms with E-state index in [1.165, 1.54) is 0 Å². The lowest BCUT2D eigenvalue weighted by molar-refractivity contribution is 0.177. The van der Waals surface area contributed by atoms with Gasteiger partial charge in [0.25, 0.3) is 0 Å². The molecule has 1 aromatic heterocycles. The Balaban J connectivity index is 2.14. The van der Waals surface area contributed by atoms with Gasteiger partial charge in [-0.15, -0.1) is 0 Å². The Morgan fingerprint density at radius 1 is 1.43 bits per heavy atom. The molecule has 0 aliphatic heterocycles. The van der Waals surface area contributed by atoms with Gasteiger partial charge in [-0.05, 0) is 31.0 Å². The fourth-order valence-electron chi connectivity index (χ4n) is 2.25. The minimum atomic E-state index is -0.629. The zero-order valence-electron chi connectivity index (χ0n) is 12.6. The van der Waals surface area contributed by atoms with E-state index >= 15 is 0 Å². The van der Waals surface area contributed by atoms with Crippen molar-refractivity contribution in [3.05, 3.63) is 46.2 Å². The number of hydrogen-bond acceptors (Lipinski definition) is 3. The van der Waals surface area contributed by atoms with Crippen molar-refractivity contribution in [3.8, 4) is 5.75 Å². The summed E-state index contributed by atoms with van der Waals surface area (Å²) in [5.41, 5.74) is 2.55. The van der Waals surface area contributed by atoms with Crippen LogP contribution in [0.1, 0.15) is 36.3 Å². The Kier molecular flexibility index (Phi) is 5.26. The van der Waals surface area contributed by atoms with E-state index in [0.29, 0.717) is 18.2 Å². The molecule has 0 saturated heterocycles. The van der Waals surface area contributed by atoms with Crippen molar-refractivity contribution in [1.82, 2.24) is 9.78 Å². The van der Waals surface area contributed by atoms with Crippen molar-refractivity contribution < 1.29 is 9.84 Å². The molecule has 0 saturated carbocycles. The van der Waals surface area contributed by atoms with Crippen LogP contribution in [0.5, 0.6) is 5.75 Å². The maximum absolute atomic E-state index is 10.4. The van der Waals surface area contributed by atoms with Crippen molar-refractivity contribution in [2.45, 2.75) is 32.8 Å². The average molecular weight is 309 g/mol. The Hall–Kier alpha value is -1.52. The van der Waals surface area contributed by atoms with Gasteiger partial charge >= 0.3 is 0 Å². The number of aliphatic hydroxyl groups is 1. The van der Waals surface area contributed by atoms with E-state index in [0.717, 1.165) is 29.0 Å². The number of ether oxygens (including phenoxy) is 1. The van der Waals surface area contributed by atoms with Gasteiger partial charge in [-0.1, -0.05) is 30.7 Å². The van der Waals surface area contributed by atoms with Gasteiger partial charge < -0.3 is 9.84 Å². The maximum atomic E-state index is 10.4. The van der Waals surface area contributed by atoms with E-state index < -0.39 is 6.10 Å². The highest BCUT2D eigenvalue weighted by Gasteiger charge is 2.17. The van der Waals surface area contributed by atoms with Crippen LogP contribution in [-0.2, 0) is 13.5 Å². The zero-order chi connectivity index (χ0) is 15.4. The average Bonchev–Trinajstić information content (AvgIpc) is 2.72. The van der Waals surface area contributed by atoms with E-state index in [1.807, 2.05) is 31.2 Å². The van der Waals surface area contributed by atoms with Gasteiger partial charge in [-0.3, -0.25) is 4.68 Å². The number of nitrogens with zero attached hydrogens (tertiary/aromatic N) is 2. The molecule has 1 aromatic carbocycles. The molecular weight excluding hydrogens is 288 g/mol. The molecule has 4 nitrogen and oxygen atoms in total. The van der Waals surface area contributed by atoms with Crippen LogP contribution in [0.3, 0.4) is 0 Å². The largest absolute Gasteiger partial charge is 0.494 e. The minimum absolute atomic E-state index is 0.440. The van der Waals surface area contributed by atoms with Crippen LogP contribution in [-0.4, -0.2) is 21.5 Å². The van der Waals surface area contributed by atoms with Crippen LogP contribution >= 0.6 is 11.6 Å². The first-order chi connectivity index (χ1) is 10.0. The molecule has 0 bridgehead atoms. The van der Waals surface area contributed by atoms with Crippen LogP contribution in [0.4, 0.5) is 0 Å². The Morgan fingerprint density at radius 2 is 2.19 bits per heavy atom. The van der Waals surface area contributed by atoms with Crippen LogP contribution in [0, 0.1) is 6.92 Å².